The topological polar surface area (TPSA) is 82.5 Å². The number of aromatic nitrogens is 2. The van der Waals surface area contributed by atoms with Crippen LogP contribution in [0.3, 0.4) is 0 Å². The molecule has 0 bridgehead atoms. The van der Waals surface area contributed by atoms with E-state index in [4.69, 9.17) is 14.5 Å². The van der Waals surface area contributed by atoms with Gasteiger partial charge in [-0.25, -0.2) is 4.98 Å². The molecule has 1 aromatic heterocycles. The molecule has 0 spiro atoms. The summed E-state index contributed by atoms with van der Waals surface area (Å²) < 4.78 is 12.5. The van der Waals surface area contributed by atoms with E-state index in [0.29, 0.717) is 44.6 Å². The second-order valence-electron chi connectivity index (χ2n) is 9.53. The Morgan fingerprint density at radius 3 is 2.38 bits per heavy atom. The lowest BCUT2D eigenvalue weighted by atomic mass is 10.1. The first-order chi connectivity index (χ1) is 19.0. The average Bonchev–Trinajstić information content (AvgIpc) is 3.48. The Kier molecular flexibility index (Phi) is 8.02. The van der Waals surface area contributed by atoms with Gasteiger partial charge in [-0.15, -0.1) is 0 Å². The highest BCUT2D eigenvalue weighted by atomic mass is 32.2. The predicted molar refractivity (Wildman–Crippen MR) is 156 cm³/mol. The molecule has 1 saturated carbocycles. The number of carbonyl (C=O) groups is 1. The van der Waals surface area contributed by atoms with Crippen LogP contribution >= 0.6 is 11.8 Å². The molecule has 1 amide bonds. The van der Waals surface area contributed by atoms with Gasteiger partial charge in [-0.2, -0.15) is 0 Å². The molecule has 0 atom stereocenters. The number of amides is 1. The van der Waals surface area contributed by atoms with Crippen molar-refractivity contribution in [3.05, 3.63) is 94.3 Å². The second kappa shape index (κ2) is 11.8. The molecule has 0 unspecified atom stereocenters. The highest BCUT2D eigenvalue weighted by molar-refractivity contribution is 7.98. The van der Waals surface area contributed by atoms with Crippen LogP contribution in [0.1, 0.15) is 47.2 Å². The van der Waals surface area contributed by atoms with Gasteiger partial charge in [-0.3, -0.25) is 14.2 Å². The summed E-state index contributed by atoms with van der Waals surface area (Å²) in [6.45, 7) is 3.81. The number of methoxy groups -OCH3 is 2. The fourth-order valence-corrected chi connectivity index (χ4v) is 5.76. The Balaban J connectivity index is 1.58. The highest BCUT2D eigenvalue weighted by Gasteiger charge is 2.20. The van der Waals surface area contributed by atoms with Crippen LogP contribution in [0.2, 0.25) is 0 Å². The number of benzene rings is 3. The minimum atomic E-state index is -0.234. The summed E-state index contributed by atoms with van der Waals surface area (Å²) in [4.78, 5) is 31.8. The number of thioether (sulfide) groups is 1. The normalized spacial score (nSPS) is 13.4. The first kappa shape index (κ1) is 26.6. The summed E-state index contributed by atoms with van der Waals surface area (Å²) in [5, 5.41) is 4.05. The van der Waals surface area contributed by atoms with Crippen LogP contribution < -0.4 is 20.3 Å². The van der Waals surface area contributed by atoms with E-state index >= 15 is 0 Å². The molecule has 8 heteroatoms. The Morgan fingerprint density at radius 2 is 1.74 bits per heavy atom. The minimum Gasteiger partial charge on any atom is -0.497 e. The highest BCUT2D eigenvalue weighted by Crippen LogP contribution is 2.30. The first-order valence-electron chi connectivity index (χ1n) is 12.9. The fourth-order valence-electron chi connectivity index (χ4n) is 4.79. The molecule has 200 valence electrons. The van der Waals surface area contributed by atoms with Crippen LogP contribution in [-0.2, 0) is 5.75 Å². The maximum atomic E-state index is 13.9. The lowest BCUT2D eigenvalue weighted by Gasteiger charge is -2.16. The monoisotopic (exact) mass is 541 g/mol. The molecule has 1 fully saturated rings. The van der Waals surface area contributed by atoms with Crippen molar-refractivity contribution in [2.45, 2.75) is 42.6 Å². The van der Waals surface area contributed by atoms with Gasteiger partial charge < -0.3 is 14.8 Å². The van der Waals surface area contributed by atoms with Gasteiger partial charge in [0, 0.05) is 35.6 Å². The molecule has 1 N–H and O–H groups in total. The maximum absolute atomic E-state index is 13.9. The quantitative estimate of drug-likeness (QED) is 0.206. The van der Waals surface area contributed by atoms with Crippen molar-refractivity contribution in [3.63, 3.8) is 0 Å². The minimum absolute atomic E-state index is 0.135. The van der Waals surface area contributed by atoms with E-state index in [0.717, 1.165) is 36.8 Å². The SMILES string of the molecule is C=Cc1ccc(CSc2nc3cc(C(=O)NC4CCCC4)ccc3c(=O)n2-c2cc(OC)cc(OC)c2)cc1. The second-order valence-corrected chi connectivity index (χ2v) is 10.5. The fraction of sp³-hybridized carbons (Fsp3) is 0.258. The van der Waals surface area contributed by atoms with Crippen LogP contribution in [0.5, 0.6) is 11.5 Å². The lowest BCUT2D eigenvalue weighted by Crippen LogP contribution is -2.32. The van der Waals surface area contributed by atoms with E-state index in [1.54, 1.807) is 61.3 Å². The third kappa shape index (κ3) is 5.86. The molecule has 1 aliphatic carbocycles. The zero-order chi connectivity index (χ0) is 27.4. The van der Waals surface area contributed by atoms with Gasteiger partial charge in [0.05, 0.1) is 30.8 Å². The number of hydrogen-bond acceptors (Lipinski definition) is 6. The molecule has 39 heavy (non-hydrogen) atoms. The standard InChI is InChI=1S/C31H31N3O4S/c1-4-20-9-11-21(12-10-20)19-39-31-33-28-15-22(29(35)32-23-7-5-6-8-23)13-14-27(28)30(36)34(31)24-16-25(37-2)18-26(17-24)38-3/h4,9-18,23H,1,5-8,19H2,2-3H3,(H,32,35). The summed E-state index contributed by atoms with van der Waals surface area (Å²) >= 11 is 1.45. The first-order valence-corrected chi connectivity index (χ1v) is 13.9. The third-order valence-corrected chi connectivity index (χ3v) is 7.98. The Morgan fingerprint density at radius 1 is 1.05 bits per heavy atom. The van der Waals surface area contributed by atoms with E-state index in [2.05, 4.69) is 11.9 Å². The van der Waals surface area contributed by atoms with Crippen LogP contribution in [-0.4, -0.2) is 35.7 Å². The van der Waals surface area contributed by atoms with Crippen LogP contribution in [0.4, 0.5) is 0 Å². The summed E-state index contributed by atoms with van der Waals surface area (Å²) in [6.07, 6.45) is 6.07. The number of ether oxygens (including phenoxy) is 2. The van der Waals surface area contributed by atoms with Crippen molar-refractivity contribution in [1.82, 2.24) is 14.9 Å². The van der Waals surface area contributed by atoms with Gasteiger partial charge in [0.2, 0.25) is 0 Å². The van der Waals surface area contributed by atoms with E-state index in [1.807, 2.05) is 24.3 Å². The summed E-state index contributed by atoms with van der Waals surface area (Å²) in [6, 6.07) is 18.7. The molecule has 0 radical (unpaired) electrons. The van der Waals surface area contributed by atoms with Crippen molar-refractivity contribution >= 4 is 34.6 Å². The van der Waals surface area contributed by atoms with Crippen molar-refractivity contribution in [2.75, 3.05) is 14.2 Å². The van der Waals surface area contributed by atoms with Crippen molar-refractivity contribution < 1.29 is 14.3 Å². The van der Waals surface area contributed by atoms with E-state index < -0.39 is 0 Å². The Hall–Kier alpha value is -4.04. The Bertz CT molecular complexity index is 1550. The molecule has 5 rings (SSSR count). The molecule has 3 aromatic carbocycles. The van der Waals surface area contributed by atoms with Gasteiger partial charge >= 0.3 is 0 Å². The molecular weight excluding hydrogens is 510 g/mol. The molecular formula is C31H31N3O4S. The number of nitrogens with one attached hydrogen (secondary N) is 1. The van der Waals surface area contributed by atoms with Gasteiger partial charge in [0.15, 0.2) is 5.16 Å². The number of carbonyl (C=O) groups excluding carboxylic acids is 1. The maximum Gasteiger partial charge on any atom is 0.266 e. The molecule has 7 nitrogen and oxygen atoms in total. The smallest absolute Gasteiger partial charge is 0.266 e. The number of hydrogen-bond donors (Lipinski definition) is 1. The molecule has 1 heterocycles. The van der Waals surface area contributed by atoms with Gasteiger partial charge in [0.25, 0.3) is 11.5 Å². The number of nitrogens with zero attached hydrogens (tertiary/aromatic N) is 2. The predicted octanol–water partition coefficient (Wildman–Crippen LogP) is 6.01. The third-order valence-electron chi connectivity index (χ3n) is 6.97. The van der Waals surface area contributed by atoms with Gasteiger partial charge in [-0.1, -0.05) is 61.5 Å². The van der Waals surface area contributed by atoms with Gasteiger partial charge in [-0.05, 0) is 42.2 Å². The summed E-state index contributed by atoms with van der Waals surface area (Å²) in [7, 11) is 3.14. The molecule has 0 aliphatic heterocycles. The van der Waals surface area contributed by atoms with Crippen LogP contribution in [0, 0.1) is 0 Å². The number of rotatable bonds is 9. The lowest BCUT2D eigenvalue weighted by molar-refractivity contribution is 0.0938. The van der Waals surface area contributed by atoms with Crippen molar-refractivity contribution in [2.24, 2.45) is 0 Å². The zero-order valence-electron chi connectivity index (χ0n) is 22.1. The average molecular weight is 542 g/mol. The molecule has 4 aromatic rings. The van der Waals surface area contributed by atoms with E-state index in [-0.39, 0.29) is 17.5 Å². The van der Waals surface area contributed by atoms with Gasteiger partial charge in [0.1, 0.15) is 11.5 Å². The molecule has 0 saturated heterocycles. The van der Waals surface area contributed by atoms with Crippen LogP contribution in [0.25, 0.3) is 22.7 Å². The zero-order valence-corrected chi connectivity index (χ0v) is 22.9. The van der Waals surface area contributed by atoms with Crippen molar-refractivity contribution in [1.29, 1.82) is 0 Å². The summed E-state index contributed by atoms with van der Waals surface area (Å²) in [5.41, 5.74) is 3.45. The molecule has 1 aliphatic rings. The van der Waals surface area contributed by atoms with Crippen LogP contribution in [0.15, 0.2) is 77.2 Å². The largest absolute Gasteiger partial charge is 0.497 e. The van der Waals surface area contributed by atoms with Crippen molar-refractivity contribution in [3.8, 4) is 17.2 Å². The summed E-state index contributed by atoms with van der Waals surface area (Å²) in [5.74, 6) is 1.58. The number of fused-ring (bicyclic) bond motifs is 1. The Labute approximate surface area is 231 Å². The van der Waals surface area contributed by atoms with E-state index in [1.165, 1.54) is 11.8 Å². The van der Waals surface area contributed by atoms with E-state index in [9.17, 15) is 9.59 Å².